The van der Waals surface area contributed by atoms with E-state index >= 15 is 0 Å². The molecule has 0 bridgehead atoms. The van der Waals surface area contributed by atoms with Crippen molar-refractivity contribution in [2.75, 3.05) is 13.1 Å². The van der Waals surface area contributed by atoms with E-state index in [1.54, 1.807) is 0 Å². The number of ether oxygens (including phenoxy) is 1. The Hall–Kier alpha value is -1.04. The Kier molecular flexibility index (Phi) is 5.19. The number of benzene rings is 1. The third-order valence-electron chi connectivity index (χ3n) is 6.08. The first-order chi connectivity index (χ1) is 12.0. The smallest absolute Gasteiger partial charge is 0.490 e. The molecule has 0 atom stereocenters. The highest BCUT2D eigenvalue weighted by atomic mass is 16.7. The predicted molar refractivity (Wildman–Crippen MR) is 107 cm³/mol. The molecule has 0 aliphatic carbocycles. The Balaban J connectivity index is 1.63. The molecule has 1 aromatic rings. The molecule has 0 amide bonds. The SMILES string of the molecule is CC(C)(C)N1CCC(Oc2cccc(B3OC(C)(C)C(C)(C)O3)c2)CC1. The van der Waals surface area contributed by atoms with E-state index in [1.807, 2.05) is 12.1 Å². The van der Waals surface area contributed by atoms with Gasteiger partial charge in [-0.05, 0) is 78.9 Å². The molecule has 1 aromatic carbocycles. The average Bonchev–Trinajstić information content (AvgIpc) is 2.75. The fraction of sp³-hybridized carbons (Fsp3) is 0.714. The van der Waals surface area contributed by atoms with Crippen molar-refractivity contribution in [3.8, 4) is 5.75 Å². The highest BCUT2D eigenvalue weighted by Crippen LogP contribution is 2.36. The molecule has 4 nitrogen and oxygen atoms in total. The summed E-state index contributed by atoms with van der Waals surface area (Å²) in [6, 6.07) is 8.18. The topological polar surface area (TPSA) is 30.9 Å². The lowest BCUT2D eigenvalue weighted by molar-refractivity contribution is 0.00578. The second kappa shape index (κ2) is 6.85. The number of hydrogen-bond acceptors (Lipinski definition) is 4. The quantitative estimate of drug-likeness (QED) is 0.772. The van der Waals surface area contributed by atoms with Gasteiger partial charge >= 0.3 is 7.12 Å². The number of nitrogens with zero attached hydrogens (tertiary/aromatic N) is 1. The minimum atomic E-state index is -0.341. The Morgan fingerprint density at radius 1 is 1.04 bits per heavy atom. The van der Waals surface area contributed by atoms with Crippen LogP contribution in [0, 0.1) is 0 Å². The Bertz CT molecular complexity index is 614. The molecule has 2 saturated heterocycles. The number of rotatable bonds is 3. The van der Waals surface area contributed by atoms with Gasteiger partial charge in [0.2, 0.25) is 0 Å². The van der Waals surface area contributed by atoms with Gasteiger partial charge in [0, 0.05) is 18.6 Å². The van der Waals surface area contributed by atoms with E-state index < -0.39 is 0 Å². The van der Waals surface area contributed by atoms with Crippen LogP contribution in [-0.4, -0.2) is 48.0 Å². The molecule has 2 heterocycles. The Labute approximate surface area is 159 Å². The van der Waals surface area contributed by atoms with E-state index in [0.717, 1.165) is 37.1 Å². The van der Waals surface area contributed by atoms with E-state index in [9.17, 15) is 0 Å². The minimum absolute atomic E-state index is 0.238. The first-order valence-electron chi connectivity index (χ1n) is 9.85. The van der Waals surface area contributed by atoms with Crippen molar-refractivity contribution in [3.63, 3.8) is 0 Å². The highest BCUT2D eigenvalue weighted by Gasteiger charge is 2.51. The minimum Gasteiger partial charge on any atom is -0.490 e. The summed E-state index contributed by atoms with van der Waals surface area (Å²) < 4.78 is 18.6. The predicted octanol–water partition coefficient (Wildman–Crippen LogP) is 3.63. The van der Waals surface area contributed by atoms with Crippen LogP contribution in [0.5, 0.6) is 5.75 Å². The highest BCUT2D eigenvalue weighted by molar-refractivity contribution is 6.62. The molecule has 0 unspecified atom stereocenters. The fourth-order valence-corrected chi connectivity index (χ4v) is 3.55. The van der Waals surface area contributed by atoms with Crippen LogP contribution in [0.1, 0.15) is 61.3 Å². The van der Waals surface area contributed by atoms with E-state index in [-0.39, 0.29) is 30.0 Å². The normalized spacial score (nSPS) is 24.0. The maximum absolute atomic E-state index is 6.28. The van der Waals surface area contributed by atoms with Crippen LogP contribution in [0.25, 0.3) is 0 Å². The second-order valence-electron chi connectivity index (χ2n) is 9.64. The number of hydrogen-bond donors (Lipinski definition) is 0. The monoisotopic (exact) mass is 359 g/mol. The molecule has 3 rings (SSSR count). The third kappa shape index (κ3) is 4.10. The van der Waals surface area contributed by atoms with Gasteiger partial charge in [-0.15, -0.1) is 0 Å². The lowest BCUT2D eigenvalue weighted by Gasteiger charge is -2.40. The van der Waals surface area contributed by atoms with E-state index in [1.165, 1.54) is 0 Å². The molecule has 26 heavy (non-hydrogen) atoms. The van der Waals surface area contributed by atoms with Gasteiger partial charge in [0.25, 0.3) is 0 Å². The van der Waals surface area contributed by atoms with Gasteiger partial charge in [0.15, 0.2) is 0 Å². The maximum atomic E-state index is 6.28. The molecular weight excluding hydrogens is 325 g/mol. The van der Waals surface area contributed by atoms with Gasteiger partial charge in [0.1, 0.15) is 11.9 Å². The zero-order valence-corrected chi connectivity index (χ0v) is 17.5. The zero-order chi connectivity index (χ0) is 19.2. The number of piperidine rings is 1. The van der Waals surface area contributed by atoms with Crippen LogP contribution in [0.2, 0.25) is 0 Å². The standard InChI is InChI=1S/C21H34BNO3/c1-19(2,3)23-13-11-17(12-14-23)24-18-10-8-9-16(15-18)22-25-20(4,5)21(6,7)26-22/h8-10,15,17H,11-14H2,1-7H3. The summed E-state index contributed by atoms with van der Waals surface area (Å²) in [6.45, 7) is 17.3. The van der Waals surface area contributed by atoms with Gasteiger partial charge in [0.05, 0.1) is 11.2 Å². The summed E-state index contributed by atoms with van der Waals surface area (Å²) in [5.41, 5.74) is 0.609. The van der Waals surface area contributed by atoms with Crippen molar-refractivity contribution < 1.29 is 14.0 Å². The van der Waals surface area contributed by atoms with Crippen LogP contribution >= 0.6 is 0 Å². The summed E-state index contributed by atoms with van der Waals surface area (Å²) in [4.78, 5) is 2.54. The molecular formula is C21H34BNO3. The molecule has 2 aliphatic rings. The van der Waals surface area contributed by atoms with E-state index in [4.69, 9.17) is 14.0 Å². The van der Waals surface area contributed by atoms with Crippen molar-refractivity contribution >= 4 is 12.6 Å². The molecule has 0 aromatic heterocycles. The maximum Gasteiger partial charge on any atom is 0.494 e. The van der Waals surface area contributed by atoms with Crippen molar-refractivity contribution in [1.82, 2.24) is 4.90 Å². The first kappa shape index (κ1) is 19.7. The second-order valence-corrected chi connectivity index (χ2v) is 9.64. The van der Waals surface area contributed by atoms with Crippen LogP contribution in [0.3, 0.4) is 0 Å². The summed E-state index contributed by atoms with van der Waals surface area (Å²) in [7, 11) is -0.341. The average molecular weight is 359 g/mol. The summed E-state index contributed by atoms with van der Waals surface area (Å²) in [6.07, 6.45) is 2.41. The molecule has 0 spiro atoms. The van der Waals surface area contributed by atoms with Gasteiger partial charge in [-0.1, -0.05) is 12.1 Å². The summed E-state index contributed by atoms with van der Waals surface area (Å²) >= 11 is 0. The van der Waals surface area contributed by atoms with Crippen LogP contribution < -0.4 is 10.2 Å². The molecule has 0 radical (unpaired) electrons. The van der Waals surface area contributed by atoms with Crippen LogP contribution in [-0.2, 0) is 9.31 Å². The van der Waals surface area contributed by atoms with E-state index in [2.05, 4.69) is 65.5 Å². The Morgan fingerprint density at radius 3 is 2.15 bits per heavy atom. The molecule has 144 valence electrons. The van der Waals surface area contributed by atoms with Crippen LogP contribution in [0.4, 0.5) is 0 Å². The number of likely N-dealkylation sites (tertiary alicyclic amines) is 1. The van der Waals surface area contributed by atoms with Crippen molar-refractivity contribution in [1.29, 1.82) is 0 Å². The van der Waals surface area contributed by atoms with Crippen molar-refractivity contribution in [2.45, 2.75) is 84.2 Å². The zero-order valence-electron chi connectivity index (χ0n) is 17.5. The lowest BCUT2D eigenvalue weighted by Crippen LogP contribution is -2.48. The lowest BCUT2D eigenvalue weighted by atomic mass is 9.79. The van der Waals surface area contributed by atoms with E-state index in [0.29, 0.717) is 0 Å². The molecule has 5 heteroatoms. The molecule has 2 aliphatic heterocycles. The largest absolute Gasteiger partial charge is 0.494 e. The van der Waals surface area contributed by atoms with Gasteiger partial charge in [-0.25, -0.2) is 0 Å². The molecule has 2 fully saturated rings. The van der Waals surface area contributed by atoms with Crippen LogP contribution in [0.15, 0.2) is 24.3 Å². The summed E-state index contributed by atoms with van der Waals surface area (Å²) in [5.74, 6) is 0.909. The first-order valence-corrected chi connectivity index (χ1v) is 9.85. The van der Waals surface area contributed by atoms with Crippen molar-refractivity contribution in [2.24, 2.45) is 0 Å². The van der Waals surface area contributed by atoms with Crippen molar-refractivity contribution in [3.05, 3.63) is 24.3 Å². The van der Waals surface area contributed by atoms with Gasteiger partial charge < -0.3 is 14.0 Å². The molecule has 0 N–H and O–H groups in total. The fourth-order valence-electron chi connectivity index (χ4n) is 3.55. The van der Waals surface area contributed by atoms with Gasteiger partial charge in [-0.2, -0.15) is 0 Å². The molecule has 0 saturated carbocycles. The summed E-state index contributed by atoms with van der Waals surface area (Å²) in [5, 5.41) is 0. The Morgan fingerprint density at radius 2 is 1.62 bits per heavy atom. The van der Waals surface area contributed by atoms with Gasteiger partial charge in [-0.3, -0.25) is 4.90 Å². The third-order valence-corrected chi connectivity index (χ3v) is 6.08.